The van der Waals surface area contributed by atoms with E-state index in [1.165, 1.54) is 6.92 Å². The second kappa shape index (κ2) is 6.93. The van der Waals surface area contributed by atoms with Crippen LogP contribution in [0, 0.1) is 5.41 Å². The van der Waals surface area contributed by atoms with Gasteiger partial charge in [0, 0.05) is 17.7 Å². The molecule has 1 N–H and O–H groups in total. The summed E-state index contributed by atoms with van der Waals surface area (Å²) in [5.74, 6) is -0.984. The zero-order valence-electron chi connectivity index (χ0n) is 14.5. The average Bonchev–Trinajstić information content (AvgIpc) is 3.15. The predicted octanol–water partition coefficient (Wildman–Crippen LogP) is 4.81. The molecule has 1 saturated carbocycles. The Kier molecular flexibility index (Phi) is 5.00. The third-order valence-corrected chi connectivity index (χ3v) is 5.73. The van der Waals surface area contributed by atoms with E-state index in [2.05, 4.69) is 5.32 Å². The Morgan fingerprint density at radius 1 is 1.08 bits per heavy atom. The second-order valence-corrected chi connectivity index (χ2v) is 8.15. The maximum Gasteiger partial charge on any atom is 0.315 e. The first-order valence-corrected chi connectivity index (χ1v) is 9.04. The van der Waals surface area contributed by atoms with Crippen LogP contribution >= 0.6 is 23.2 Å². The topological polar surface area (TPSA) is 55.4 Å². The highest BCUT2D eigenvalue weighted by Gasteiger charge is 2.69. The highest BCUT2D eigenvalue weighted by molar-refractivity contribution is 6.53. The SMILES string of the molecule is C[C@H](OC(=O)[C@]1(C)CC1(Cl)Cl)C(=O)Nc1ccccc1-c1ccccc1. The fraction of sp³-hybridized carbons (Fsp3) is 0.300. The molecule has 0 spiro atoms. The molecule has 0 radical (unpaired) electrons. The van der Waals surface area contributed by atoms with Crippen LogP contribution in [0.2, 0.25) is 0 Å². The molecule has 0 aliphatic heterocycles. The van der Waals surface area contributed by atoms with Gasteiger partial charge in [-0.3, -0.25) is 9.59 Å². The zero-order valence-corrected chi connectivity index (χ0v) is 16.0. The Bertz CT molecular complexity index is 838. The van der Waals surface area contributed by atoms with Gasteiger partial charge in [-0.1, -0.05) is 48.5 Å². The molecule has 1 amide bonds. The number of rotatable bonds is 5. The Hall–Kier alpha value is -2.04. The first kappa shape index (κ1) is 18.7. The van der Waals surface area contributed by atoms with Gasteiger partial charge in [0.05, 0.1) is 0 Å². The molecule has 0 heterocycles. The molecule has 4 nitrogen and oxygen atoms in total. The van der Waals surface area contributed by atoms with Gasteiger partial charge in [-0.05, 0) is 25.5 Å². The summed E-state index contributed by atoms with van der Waals surface area (Å²) < 4.78 is 4.15. The summed E-state index contributed by atoms with van der Waals surface area (Å²) in [6.45, 7) is 3.15. The van der Waals surface area contributed by atoms with Gasteiger partial charge in [0.25, 0.3) is 5.91 Å². The molecule has 0 bridgehead atoms. The quantitative estimate of drug-likeness (QED) is 0.587. The fourth-order valence-electron chi connectivity index (χ4n) is 2.66. The maximum atomic E-state index is 12.5. The van der Waals surface area contributed by atoms with E-state index in [1.54, 1.807) is 13.0 Å². The van der Waals surface area contributed by atoms with Crippen molar-refractivity contribution in [1.29, 1.82) is 0 Å². The van der Waals surface area contributed by atoms with Crippen molar-refractivity contribution < 1.29 is 14.3 Å². The lowest BCUT2D eigenvalue weighted by Gasteiger charge is -2.18. The summed E-state index contributed by atoms with van der Waals surface area (Å²) in [6.07, 6.45) is -0.652. The van der Waals surface area contributed by atoms with Crippen molar-refractivity contribution in [2.45, 2.75) is 30.7 Å². The number of amides is 1. The highest BCUT2D eigenvalue weighted by atomic mass is 35.5. The van der Waals surface area contributed by atoms with Crippen molar-refractivity contribution in [3.8, 4) is 11.1 Å². The van der Waals surface area contributed by atoms with Gasteiger partial charge < -0.3 is 10.1 Å². The third-order valence-electron chi connectivity index (χ3n) is 4.63. The fourth-order valence-corrected chi connectivity index (χ4v) is 3.35. The van der Waals surface area contributed by atoms with E-state index in [4.69, 9.17) is 27.9 Å². The maximum absolute atomic E-state index is 12.5. The van der Waals surface area contributed by atoms with E-state index in [-0.39, 0.29) is 0 Å². The number of nitrogens with one attached hydrogen (secondary N) is 1. The number of halogens is 2. The summed E-state index contributed by atoms with van der Waals surface area (Å²) in [7, 11) is 0. The van der Waals surface area contributed by atoms with E-state index in [0.29, 0.717) is 12.1 Å². The van der Waals surface area contributed by atoms with Crippen LogP contribution in [0.1, 0.15) is 20.3 Å². The van der Waals surface area contributed by atoms with Gasteiger partial charge in [0.15, 0.2) is 6.10 Å². The molecule has 136 valence electrons. The van der Waals surface area contributed by atoms with E-state index < -0.39 is 27.7 Å². The summed E-state index contributed by atoms with van der Waals surface area (Å²) in [5, 5.41) is 2.82. The minimum absolute atomic E-state index is 0.313. The van der Waals surface area contributed by atoms with Gasteiger partial charge in [-0.2, -0.15) is 0 Å². The standard InChI is InChI=1S/C20H19Cl2NO3/c1-13(26-18(25)19(2)12-20(19,21)22)17(24)23-16-11-7-6-10-15(16)14-8-4-3-5-9-14/h3-11,13H,12H2,1-2H3,(H,23,24)/t13-,19-/m0/s1. The Balaban J connectivity index is 1.70. The average molecular weight is 392 g/mol. The largest absolute Gasteiger partial charge is 0.452 e. The number of carbonyl (C=O) groups is 2. The number of carbonyl (C=O) groups excluding carboxylic acids is 2. The van der Waals surface area contributed by atoms with Crippen molar-refractivity contribution in [2.75, 3.05) is 5.32 Å². The molecule has 6 heteroatoms. The number of anilines is 1. The van der Waals surface area contributed by atoms with Crippen LogP contribution < -0.4 is 5.32 Å². The first-order chi connectivity index (χ1) is 12.2. The van der Waals surface area contributed by atoms with Crippen molar-refractivity contribution in [1.82, 2.24) is 0 Å². The van der Waals surface area contributed by atoms with Crippen molar-refractivity contribution in [3.63, 3.8) is 0 Å². The molecule has 2 aromatic rings. The summed E-state index contributed by atoms with van der Waals surface area (Å²) in [6, 6.07) is 17.2. The van der Waals surface area contributed by atoms with Crippen LogP contribution in [0.3, 0.4) is 0 Å². The van der Waals surface area contributed by atoms with E-state index in [0.717, 1.165) is 11.1 Å². The molecule has 2 atom stereocenters. The molecule has 26 heavy (non-hydrogen) atoms. The van der Waals surface area contributed by atoms with Crippen LogP contribution in [0.15, 0.2) is 54.6 Å². The molecule has 1 fully saturated rings. The number of benzene rings is 2. The smallest absolute Gasteiger partial charge is 0.315 e. The third kappa shape index (κ3) is 3.57. The molecule has 2 aromatic carbocycles. The number of para-hydroxylation sites is 1. The molecular weight excluding hydrogens is 373 g/mol. The normalized spacial score (nSPS) is 21.5. The molecule has 0 unspecified atom stereocenters. The Morgan fingerprint density at radius 2 is 1.65 bits per heavy atom. The van der Waals surface area contributed by atoms with Crippen molar-refractivity contribution in [2.24, 2.45) is 5.41 Å². The number of ether oxygens (including phenoxy) is 1. The first-order valence-electron chi connectivity index (χ1n) is 8.29. The van der Waals surface area contributed by atoms with E-state index >= 15 is 0 Å². The molecule has 3 rings (SSSR count). The summed E-state index contributed by atoms with van der Waals surface area (Å²) in [4.78, 5) is 24.7. The number of hydrogen-bond acceptors (Lipinski definition) is 3. The van der Waals surface area contributed by atoms with Crippen LogP contribution in [0.5, 0.6) is 0 Å². The highest BCUT2D eigenvalue weighted by Crippen LogP contribution is 2.64. The molecule has 1 aliphatic rings. The lowest BCUT2D eigenvalue weighted by atomic mass is 10.0. The van der Waals surface area contributed by atoms with Gasteiger partial charge in [-0.15, -0.1) is 23.2 Å². The van der Waals surface area contributed by atoms with Crippen LogP contribution in [0.25, 0.3) is 11.1 Å². The van der Waals surface area contributed by atoms with Gasteiger partial charge in [-0.25, -0.2) is 0 Å². The van der Waals surface area contributed by atoms with E-state index in [1.807, 2.05) is 48.5 Å². The van der Waals surface area contributed by atoms with Crippen molar-refractivity contribution in [3.05, 3.63) is 54.6 Å². The Morgan fingerprint density at radius 3 is 2.27 bits per heavy atom. The lowest BCUT2D eigenvalue weighted by Crippen LogP contribution is -2.33. The molecule has 0 saturated heterocycles. The monoisotopic (exact) mass is 391 g/mol. The minimum Gasteiger partial charge on any atom is -0.452 e. The summed E-state index contributed by atoms with van der Waals surface area (Å²) in [5.41, 5.74) is 1.54. The number of alkyl halides is 2. The molecule has 1 aliphatic carbocycles. The second-order valence-electron chi connectivity index (χ2n) is 6.66. The Labute approximate surface area is 162 Å². The zero-order chi connectivity index (χ0) is 18.9. The molecule has 0 aromatic heterocycles. The minimum atomic E-state index is -1.12. The van der Waals surface area contributed by atoms with Crippen LogP contribution in [-0.2, 0) is 14.3 Å². The van der Waals surface area contributed by atoms with Gasteiger partial charge in [0.2, 0.25) is 0 Å². The number of esters is 1. The lowest BCUT2D eigenvalue weighted by molar-refractivity contribution is -0.158. The molecular formula is C20H19Cl2NO3. The predicted molar refractivity (Wildman–Crippen MR) is 103 cm³/mol. The summed E-state index contributed by atoms with van der Waals surface area (Å²) >= 11 is 12.0. The van der Waals surface area contributed by atoms with Crippen molar-refractivity contribution >= 4 is 40.8 Å². The number of hydrogen-bond donors (Lipinski definition) is 1. The van der Waals surface area contributed by atoms with E-state index in [9.17, 15) is 9.59 Å². The van der Waals surface area contributed by atoms with Gasteiger partial charge in [0.1, 0.15) is 9.75 Å². The van der Waals surface area contributed by atoms with Crippen LogP contribution in [0.4, 0.5) is 5.69 Å². The van der Waals surface area contributed by atoms with Crippen LogP contribution in [-0.4, -0.2) is 22.3 Å². The van der Waals surface area contributed by atoms with Gasteiger partial charge >= 0.3 is 5.97 Å².